The molecule has 1 rings (SSSR count). The third-order valence-electron chi connectivity index (χ3n) is 4.22. The molecule has 2 atom stereocenters. The predicted molar refractivity (Wildman–Crippen MR) is 70.6 cm³/mol. The van der Waals surface area contributed by atoms with Crippen LogP contribution >= 0.6 is 0 Å². The molecule has 1 aliphatic rings. The quantitative estimate of drug-likeness (QED) is 0.498. The molecule has 0 bridgehead atoms. The van der Waals surface area contributed by atoms with Crippen molar-refractivity contribution in [1.82, 2.24) is 0 Å². The Morgan fingerprint density at radius 1 is 1.06 bits per heavy atom. The zero-order chi connectivity index (χ0) is 10.4. The van der Waals surface area contributed by atoms with Gasteiger partial charge in [-0.2, -0.15) is 0 Å². The average Bonchev–Trinajstić information content (AvgIpc) is 2.62. The minimum absolute atomic E-state index is 0. The Morgan fingerprint density at radius 2 is 1.75 bits per heavy atom. The number of unbranched alkanes of at least 4 members (excludes halogenated alkanes) is 2. The molecule has 0 aromatic rings. The highest BCUT2D eigenvalue weighted by Crippen LogP contribution is 2.29. The number of nitrogens with zero attached hydrogens (tertiary/aromatic N) is 1. The number of hydrogen-bond acceptors (Lipinski definition) is 0. The monoisotopic (exact) mass is 234 g/mol. The van der Waals surface area contributed by atoms with Crippen LogP contribution in [0.1, 0.15) is 59.3 Å². The minimum Gasteiger partial charge on any atom is -0.412 e. The van der Waals surface area contributed by atoms with Gasteiger partial charge in [0.2, 0.25) is 0 Å². The van der Waals surface area contributed by atoms with Crippen LogP contribution in [0.5, 0.6) is 0 Å². The zero-order valence-corrected chi connectivity index (χ0v) is 11.4. The van der Waals surface area contributed by atoms with Gasteiger partial charge in [0.25, 0.3) is 0 Å². The normalized spacial score (nSPS) is 28.3. The van der Waals surface area contributed by atoms with Crippen molar-refractivity contribution >= 4 is 0 Å². The lowest BCUT2D eigenvalue weighted by atomic mass is 10.1. The first-order valence-corrected chi connectivity index (χ1v) is 6.64. The van der Waals surface area contributed by atoms with E-state index in [2.05, 4.69) is 20.8 Å². The third-order valence-corrected chi connectivity index (χ3v) is 4.22. The van der Waals surface area contributed by atoms with E-state index in [0.29, 0.717) is 0 Å². The Labute approximate surface area is 101 Å². The molecule has 1 heterocycles. The standard InChI is InChI=1S/C13H28N.2H2O/c1-4-7-8-11-14(6-3)12-9-10-13(14)5-2;;/h13H,4-12H2,1-3H3;2*1H2/q+1;;. The maximum Gasteiger partial charge on any atom is 0.0889 e. The summed E-state index contributed by atoms with van der Waals surface area (Å²) in [6.07, 6.45) is 8.58. The first-order valence-electron chi connectivity index (χ1n) is 6.64. The van der Waals surface area contributed by atoms with E-state index in [1.165, 1.54) is 62.6 Å². The molecule has 0 amide bonds. The van der Waals surface area contributed by atoms with Gasteiger partial charge in [-0.05, 0) is 26.2 Å². The van der Waals surface area contributed by atoms with Crippen molar-refractivity contribution in [2.24, 2.45) is 0 Å². The SMILES string of the molecule is CCCCC[N+]1(CC)CCCC1CC.O.O. The van der Waals surface area contributed by atoms with Crippen molar-refractivity contribution in [1.29, 1.82) is 0 Å². The van der Waals surface area contributed by atoms with Gasteiger partial charge < -0.3 is 15.4 Å². The molecular formula is C13H32NO2+. The van der Waals surface area contributed by atoms with Crippen molar-refractivity contribution in [3.05, 3.63) is 0 Å². The van der Waals surface area contributed by atoms with Crippen molar-refractivity contribution in [3.8, 4) is 0 Å². The molecule has 2 unspecified atom stereocenters. The summed E-state index contributed by atoms with van der Waals surface area (Å²) in [6.45, 7) is 11.3. The fraction of sp³-hybridized carbons (Fsp3) is 1.00. The highest BCUT2D eigenvalue weighted by Gasteiger charge is 2.38. The van der Waals surface area contributed by atoms with Crippen LogP contribution in [0.25, 0.3) is 0 Å². The molecule has 0 aromatic heterocycles. The van der Waals surface area contributed by atoms with Crippen LogP contribution < -0.4 is 0 Å². The van der Waals surface area contributed by atoms with Gasteiger partial charge in [0.1, 0.15) is 0 Å². The first-order chi connectivity index (χ1) is 6.79. The summed E-state index contributed by atoms with van der Waals surface area (Å²) in [5.41, 5.74) is 0. The molecule has 0 radical (unpaired) electrons. The van der Waals surface area contributed by atoms with Crippen LogP contribution in [0.15, 0.2) is 0 Å². The molecule has 3 nitrogen and oxygen atoms in total. The van der Waals surface area contributed by atoms with Gasteiger partial charge in [-0.25, -0.2) is 0 Å². The summed E-state index contributed by atoms with van der Waals surface area (Å²) in [7, 11) is 0. The van der Waals surface area contributed by atoms with Crippen LogP contribution in [-0.2, 0) is 0 Å². The number of hydrogen-bond donors (Lipinski definition) is 0. The lowest BCUT2D eigenvalue weighted by Gasteiger charge is -2.39. The van der Waals surface area contributed by atoms with E-state index >= 15 is 0 Å². The molecule has 4 N–H and O–H groups in total. The summed E-state index contributed by atoms with van der Waals surface area (Å²) in [4.78, 5) is 0. The molecule has 0 spiro atoms. The fourth-order valence-electron chi connectivity index (χ4n) is 3.24. The number of rotatable bonds is 6. The van der Waals surface area contributed by atoms with Gasteiger partial charge in [-0.15, -0.1) is 0 Å². The third kappa shape index (κ3) is 4.04. The Hall–Kier alpha value is -0.120. The smallest absolute Gasteiger partial charge is 0.0889 e. The molecule has 1 aliphatic heterocycles. The number of likely N-dealkylation sites (tertiary alicyclic amines) is 1. The molecule has 0 aliphatic carbocycles. The molecule has 0 saturated carbocycles. The highest BCUT2D eigenvalue weighted by molar-refractivity contribution is 4.66. The van der Waals surface area contributed by atoms with Crippen molar-refractivity contribution in [2.75, 3.05) is 19.6 Å². The Kier molecular flexibility index (Phi) is 10.2. The first kappa shape index (κ1) is 18.3. The highest BCUT2D eigenvalue weighted by atomic mass is 16.0. The second-order valence-corrected chi connectivity index (χ2v) is 4.89. The maximum absolute atomic E-state index is 2.39. The molecule has 1 fully saturated rings. The molecule has 1 saturated heterocycles. The topological polar surface area (TPSA) is 63.0 Å². The van der Waals surface area contributed by atoms with Crippen molar-refractivity contribution < 1.29 is 15.4 Å². The summed E-state index contributed by atoms with van der Waals surface area (Å²) < 4.78 is 1.44. The van der Waals surface area contributed by atoms with Crippen LogP contribution in [0.3, 0.4) is 0 Å². The van der Waals surface area contributed by atoms with Gasteiger partial charge >= 0.3 is 0 Å². The largest absolute Gasteiger partial charge is 0.412 e. The van der Waals surface area contributed by atoms with E-state index in [1.54, 1.807) is 0 Å². The van der Waals surface area contributed by atoms with Crippen molar-refractivity contribution in [3.63, 3.8) is 0 Å². The van der Waals surface area contributed by atoms with E-state index < -0.39 is 0 Å². The fourth-order valence-corrected chi connectivity index (χ4v) is 3.24. The van der Waals surface area contributed by atoms with Crippen LogP contribution in [0, 0.1) is 0 Å². The average molecular weight is 234 g/mol. The number of quaternary nitrogens is 1. The van der Waals surface area contributed by atoms with E-state index in [4.69, 9.17) is 0 Å². The van der Waals surface area contributed by atoms with Crippen LogP contribution in [0.2, 0.25) is 0 Å². The molecule has 100 valence electrons. The second-order valence-electron chi connectivity index (χ2n) is 4.89. The minimum atomic E-state index is 0. The molecular weight excluding hydrogens is 202 g/mol. The van der Waals surface area contributed by atoms with E-state index in [-0.39, 0.29) is 11.0 Å². The van der Waals surface area contributed by atoms with Gasteiger partial charge in [0.15, 0.2) is 0 Å². The molecule has 3 heteroatoms. The van der Waals surface area contributed by atoms with E-state index in [9.17, 15) is 0 Å². The lowest BCUT2D eigenvalue weighted by Crippen LogP contribution is -2.51. The summed E-state index contributed by atoms with van der Waals surface area (Å²) in [5, 5.41) is 0. The van der Waals surface area contributed by atoms with Gasteiger partial charge in [0.05, 0.1) is 25.7 Å². The van der Waals surface area contributed by atoms with Gasteiger partial charge in [0, 0.05) is 12.8 Å². The van der Waals surface area contributed by atoms with Gasteiger partial charge in [-0.1, -0.05) is 20.3 Å². The Balaban J connectivity index is 0. The summed E-state index contributed by atoms with van der Waals surface area (Å²) in [6, 6.07) is 0.983. The molecule has 16 heavy (non-hydrogen) atoms. The van der Waals surface area contributed by atoms with Crippen LogP contribution in [-0.4, -0.2) is 41.1 Å². The zero-order valence-electron chi connectivity index (χ0n) is 11.4. The van der Waals surface area contributed by atoms with Gasteiger partial charge in [-0.3, -0.25) is 0 Å². The lowest BCUT2D eigenvalue weighted by molar-refractivity contribution is -0.938. The van der Waals surface area contributed by atoms with E-state index in [0.717, 1.165) is 6.04 Å². The summed E-state index contributed by atoms with van der Waals surface area (Å²) >= 11 is 0. The van der Waals surface area contributed by atoms with Crippen molar-refractivity contribution in [2.45, 2.75) is 65.3 Å². The van der Waals surface area contributed by atoms with Crippen LogP contribution in [0.4, 0.5) is 0 Å². The maximum atomic E-state index is 2.39. The van der Waals surface area contributed by atoms with E-state index in [1.807, 2.05) is 0 Å². The Morgan fingerprint density at radius 3 is 2.25 bits per heavy atom. The Bertz CT molecular complexity index is 164. The second kappa shape index (κ2) is 8.97. The predicted octanol–water partition coefficient (Wildman–Crippen LogP) is 1.94. The molecule has 0 aromatic carbocycles. The summed E-state index contributed by atoms with van der Waals surface area (Å²) in [5.74, 6) is 0.